The monoisotopic (exact) mass is 292 g/mol. The van der Waals surface area contributed by atoms with E-state index in [1.807, 2.05) is 6.92 Å². The summed E-state index contributed by atoms with van der Waals surface area (Å²) in [6, 6.07) is 1.66. The van der Waals surface area contributed by atoms with E-state index in [2.05, 4.69) is 25.3 Å². The van der Waals surface area contributed by atoms with Crippen molar-refractivity contribution in [2.75, 3.05) is 11.9 Å². The van der Waals surface area contributed by atoms with Crippen molar-refractivity contribution in [3.05, 3.63) is 34.9 Å². The van der Waals surface area contributed by atoms with Crippen molar-refractivity contribution in [2.45, 2.75) is 23.4 Å². The average Bonchev–Trinajstić information content (AvgIpc) is 2.46. The molecule has 20 heavy (non-hydrogen) atoms. The lowest BCUT2D eigenvalue weighted by molar-refractivity contribution is -0.388. The Morgan fingerprint density at radius 1 is 1.45 bits per heavy atom. The molecule has 2 aromatic rings. The van der Waals surface area contributed by atoms with Gasteiger partial charge >= 0.3 is 5.69 Å². The first kappa shape index (κ1) is 14.1. The van der Waals surface area contributed by atoms with E-state index in [4.69, 9.17) is 0 Å². The molecular weight excluding hydrogens is 280 g/mol. The number of anilines is 1. The van der Waals surface area contributed by atoms with E-state index in [0.29, 0.717) is 17.5 Å². The molecule has 0 saturated carbocycles. The molecule has 0 saturated heterocycles. The molecule has 2 rings (SSSR count). The van der Waals surface area contributed by atoms with Crippen LogP contribution in [0, 0.1) is 10.1 Å². The second kappa shape index (κ2) is 6.75. The molecule has 0 radical (unpaired) electrons. The van der Waals surface area contributed by atoms with Crippen molar-refractivity contribution < 1.29 is 4.92 Å². The average molecular weight is 292 g/mol. The topological polar surface area (TPSA) is 107 Å². The van der Waals surface area contributed by atoms with Gasteiger partial charge in [-0.3, -0.25) is 10.1 Å². The second-order valence-electron chi connectivity index (χ2n) is 3.72. The van der Waals surface area contributed by atoms with Crippen LogP contribution in [0.3, 0.4) is 0 Å². The van der Waals surface area contributed by atoms with Gasteiger partial charge in [0.2, 0.25) is 5.95 Å². The van der Waals surface area contributed by atoms with Gasteiger partial charge < -0.3 is 5.32 Å². The zero-order valence-electron chi connectivity index (χ0n) is 10.7. The number of aromatic nitrogens is 4. The van der Waals surface area contributed by atoms with Crippen LogP contribution in [0.25, 0.3) is 0 Å². The Kier molecular flexibility index (Phi) is 4.77. The number of hydrogen-bond donors (Lipinski definition) is 1. The first-order chi connectivity index (χ1) is 9.70. The zero-order chi connectivity index (χ0) is 14.4. The van der Waals surface area contributed by atoms with Gasteiger partial charge in [0.05, 0.1) is 4.92 Å². The fourth-order valence-electron chi connectivity index (χ4n) is 1.32. The molecule has 2 aromatic heterocycles. The summed E-state index contributed by atoms with van der Waals surface area (Å²) in [7, 11) is 0. The normalized spacial score (nSPS) is 10.2. The molecular formula is C11H12N6O2S. The SMILES string of the molecule is CCCNc1ncc([N+](=O)[O-])c(Sc2ccncn2)n1. The van der Waals surface area contributed by atoms with Crippen LogP contribution in [0.15, 0.2) is 34.8 Å². The highest BCUT2D eigenvalue weighted by atomic mass is 32.2. The van der Waals surface area contributed by atoms with E-state index >= 15 is 0 Å². The first-order valence-corrected chi connectivity index (χ1v) is 6.71. The molecule has 0 aliphatic heterocycles. The van der Waals surface area contributed by atoms with Gasteiger partial charge in [-0.1, -0.05) is 6.92 Å². The lowest BCUT2D eigenvalue weighted by atomic mass is 10.5. The van der Waals surface area contributed by atoms with E-state index in [9.17, 15) is 10.1 Å². The minimum Gasteiger partial charge on any atom is -0.354 e. The minimum absolute atomic E-state index is 0.143. The Morgan fingerprint density at radius 3 is 2.95 bits per heavy atom. The van der Waals surface area contributed by atoms with Crippen molar-refractivity contribution in [1.29, 1.82) is 0 Å². The van der Waals surface area contributed by atoms with Gasteiger partial charge in [0.15, 0.2) is 5.03 Å². The van der Waals surface area contributed by atoms with Crippen molar-refractivity contribution >= 4 is 23.4 Å². The summed E-state index contributed by atoms with van der Waals surface area (Å²) >= 11 is 1.11. The highest BCUT2D eigenvalue weighted by Gasteiger charge is 2.18. The van der Waals surface area contributed by atoms with Crippen LogP contribution in [-0.2, 0) is 0 Å². The molecule has 8 nitrogen and oxygen atoms in total. The minimum atomic E-state index is -0.507. The van der Waals surface area contributed by atoms with Gasteiger partial charge in [-0.25, -0.2) is 15.0 Å². The van der Waals surface area contributed by atoms with Crippen LogP contribution in [0.4, 0.5) is 11.6 Å². The number of nitro groups is 1. The molecule has 0 aliphatic rings. The van der Waals surface area contributed by atoms with E-state index in [1.54, 1.807) is 12.3 Å². The molecule has 0 aromatic carbocycles. The van der Waals surface area contributed by atoms with Crippen molar-refractivity contribution in [3.8, 4) is 0 Å². The van der Waals surface area contributed by atoms with Gasteiger partial charge in [-0.05, 0) is 24.2 Å². The van der Waals surface area contributed by atoms with Gasteiger partial charge in [-0.2, -0.15) is 4.98 Å². The summed E-state index contributed by atoms with van der Waals surface area (Å²) in [5, 5.41) is 14.8. The molecule has 0 bridgehead atoms. The van der Waals surface area contributed by atoms with E-state index in [0.717, 1.165) is 18.2 Å². The van der Waals surface area contributed by atoms with Crippen molar-refractivity contribution in [2.24, 2.45) is 0 Å². The molecule has 1 N–H and O–H groups in total. The van der Waals surface area contributed by atoms with Crippen LogP contribution < -0.4 is 5.32 Å². The van der Waals surface area contributed by atoms with Crippen molar-refractivity contribution in [1.82, 2.24) is 19.9 Å². The summed E-state index contributed by atoms with van der Waals surface area (Å²) in [5.41, 5.74) is -0.143. The summed E-state index contributed by atoms with van der Waals surface area (Å²) < 4.78 is 0. The Bertz CT molecular complexity index is 595. The predicted octanol–water partition coefficient (Wildman–Crippen LogP) is 2.15. The van der Waals surface area contributed by atoms with Crippen LogP contribution in [-0.4, -0.2) is 31.4 Å². The molecule has 0 spiro atoms. The summed E-state index contributed by atoms with van der Waals surface area (Å²) in [6.45, 7) is 2.71. The van der Waals surface area contributed by atoms with Crippen molar-refractivity contribution in [3.63, 3.8) is 0 Å². The maximum Gasteiger partial charge on any atom is 0.320 e. The molecule has 0 atom stereocenters. The first-order valence-electron chi connectivity index (χ1n) is 5.90. The standard InChI is InChI=1S/C11H12N6O2S/c1-2-4-13-11-14-6-8(17(18)19)10(16-11)20-9-3-5-12-7-15-9/h3,5-7H,2,4H2,1H3,(H,13,14,16). The molecule has 104 valence electrons. The summed E-state index contributed by atoms with van der Waals surface area (Å²) in [4.78, 5) is 26.4. The summed E-state index contributed by atoms with van der Waals surface area (Å²) in [5.74, 6) is 0.369. The van der Waals surface area contributed by atoms with Gasteiger partial charge in [-0.15, -0.1) is 0 Å². The molecule has 9 heteroatoms. The third-order valence-electron chi connectivity index (χ3n) is 2.22. The maximum absolute atomic E-state index is 11.0. The Hall–Kier alpha value is -2.29. The molecule has 0 aliphatic carbocycles. The molecule has 2 heterocycles. The highest BCUT2D eigenvalue weighted by molar-refractivity contribution is 7.99. The van der Waals surface area contributed by atoms with Crippen LogP contribution in [0.5, 0.6) is 0 Å². The van der Waals surface area contributed by atoms with E-state index in [-0.39, 0.29) is 10.7 Å². The lowest BCUT2D eigenvalue weighted by Gasteiger charge is -2.05. The zero-order valence-corrected chi connectivity index (χ0v) is 11.5. The predicted molar refractivity (Wildman–Crippen MR) is 73.6 cm³/mol. The number of nitrogens with one attached hydrogen (secondary N) is 1. The van der Waals surface area contributed by atoms with Gasteiger partial charge in [0, 0.05) is 12.7 Å². The molecule has 0 amide bonds. The second-order valence-corrected chi connectivity index (χ2v) is 4.73. The number of hydrogen-bond acceptors (Lipinski definition) is 8. The largest absolute Gasteiger partial charge is 0.354 e. The van der Waals surface area contributed by atoms with Crippen LogP contribution >= 0.6 is 11.8 Å². The lowest BCUT2D eigenvalue weighted by Crippen LogP contribution is -2.06. The smallest absolute Gasteiger partial charge is 0.320 e. The van der Waals surface area contributed by atoms with Gasteiger partial charge in [0.1, 0.15) is 17.6 Å². The molecule has 0 fully saturated rings. The summed E-state index contributed by atoms with van der Waals surface area (Å²) in [6.07, 6.45) is 5.06. The van der Waals surface area contributed by atoms with E-state index in [1.165, 1.54) is 12.5 Å². The third kappa shape index (κ3) is 3.60. The fraction of sp³-hybridized carbons (Fsp3) is 0.273. The van der Waals surface area contributed by atoms with E-state index < -0.39 is 4.92 Å². The maximum atomic E-state index is 11.0. The Morgan fingerprint density at radius 2 is 2.30 bits per heavy atom. The Labute approximate surface area is 119 Å². The third-order valence-corrected chi connectivity index (χ3v) is 3.17. The van der Waals surface area contributed by atoms with Crippen LogP contribution in [0.1, 0.15) is 13.3 Å². The number of nitrogens with zero attached hydrogens (tertiary/aromatic N) is 5. The fourth-order valence-corrected chi connectivity index (χ4v) is 2.11. The Balaban J connectivity index is 2.29. The number of rotatable bonds is 6. The molecule has 0 unspecified atom stereocenters. The van der Waals surface area contributed by atoms with Crippen LogP contribution in [0.2, 0.25) is 0 Å². The highest BCUT2D eigenvalue weighted by Crippen LogP contribution is 2.31. The quantitative estimate of drug-likeness (QED) is 0.490. The van der Waals surface area contributed by atoms with Gasteiger partial charge in [0.25, 0.3) is 0 Å².